The lowest BCUT2D eigenvalue weighted by atomic mass is 9.88. The number of carbonyl (C=O) groups excluding carboxylic acids is 1. The Bertz CT molecular complexity index is 869. The average molecular weight is 368 g/mol. The Balaban J connectivity index is 1.48. The molecule has 2 saturated heterocycles. The number of benzene rings is 2. The zero-order valence-electron chi connectivity index (χ0n) is 15.7. The lowest BCUT2D eigenvalue weighted by Crippen LogP contribution is -2.34. The molecule has 0 aromatic heterocycles. The number of aromatic hydroxyl groups is 1. The van der Waals surface area contributed by atoms with Crippen LogP contribution in [0.5, 0.6) is 5.75 Å². The normalized spacial score (nSPS) is 25.0. The van der Waals surface area contributed by atoms with Gasteiger partial charge in [-0.2, -0.15) is 0 Å². The number of phenolic OH excluding ortho intramolecular Hbond substituents is 1. The number of hydrogen-bond donors (Lipinski definition) is 1. The molecule has 2 aliphatic heterocycles. The number of rotatable bonds is 3. The Morgan fingerprint density at radius 1 is 1.19 bits per heavy atom. The van der Waals surface area contributed by atoms with Gasteiger partial charge in [0, 0.05) is 31.6 Å². The monoisotopic (exact) mass is 368 g/mol. The highest BCUT2D eigenvalue weighted by Crippen LogP contribution is 2.44. The van der Waals surface area contributed by atoms with Crippen LogP contribution >= 0.6 is 0 Å². The minimum absolute atomic E-state index is 0.0284. The van der Waals surface area contributed by atoms with Gasteiger partial charge in [-0.15, -0.1) is 0 Å². The smallest absolute Gasteiger partial charge is 0.227 e. The van der Waals surface area contributed by atoms with Crippen molar-refractivity contribution in [3.63, 3.8) is 0 Å². The lowest BCUT2D eigenvalue weighted by Gasteiger charge is -2.28. The molecule has 2 aromatic rings. The fraction of sp³-hybridized carbons (Fsp3) is 0.409. The van der Waals surface area contributed by atoms with Crippen LogP contribution in [0.3, 0.4) is 0 Å². The van der Waals surface area contributed by atoms with E-state index in [1.807, 2.05) is 4.90 Å². The molecule has 0 radical (unpaired) electrons. The van der Waals surface area contributed by atoms with E-state index in [-0.39, 0.29) is 18.1 Å². The van der Waals surface area contributed by atoms with E-state index in [1.165, 1.54) is 23.3 Å². The molecule has 5 heteroatoms. The molecule has 1 amide bonds. The topological polar surface area (TPSA) is 43.8 Å². The summed E-state index contributed by atoms with van der Waals surface area (Å²) < 4.78 is 13.5. The standard InChI is InChI=1S/C22H25FN2O2/c1-14-5-3-4-6-17(14)22-18-13-25(12-16(18)11-24(22)2)21(27)10-15-7-8-20(26)19(23)9-15/h3-9,16,18,22,26H,10-13H2,1-2H3/t16-,18+,22+/m0/s1. The fourth-order valence-corrected chi connectivity index (χ4v) is 4.79. The second-order valence-electron chi connectivity index (χ2n) is 7.93. The van der Waals surface area contributed by atoms with Crippen LogP contribution in [0.15, 0.2) is 42.5 Å². The first kappa shape index (κ1) is 18.0. The molecule has 0 bridgehead atoms. The zero-order chi connectivity index (χ0) is 19.1. The van der Waals surface area contributed by atoms with Crippen molar-refractivity contribution in [2.75, 3.05) is 26.7 Å². The number of phenols is 1. The SMILES string of the molecule is Cc1ccccc1[C@@H]1[C@@H]2CN(C(=O)Cc3ccc(O)c(F)c3)C[C@@H]2CN1C. The predicted octanol–water partition coefficient (Wildman–Crippen LogP) is 3.14. The summed E-state index contributed by atoms with van der Waals surface area (Å²) in [6.45, 7) is 4.64. The number of carbonyl (C=O) groups is 1. The summed E-state index contributed by atoms with van der Waals surface area (Å²) >= 11 is 0. The highest BCUT2D eigenvalue weighted by atomic mass is 19.1. The second-order valence-corrected chi connectivity index (χ2v) is 7.93. The van der Waals surface area contributed by atoms with Crippen LogP contribution < -0.4 is 0 Å². The van der Waals surface area contributed by atoms with Gasteiger partial charge in [-0.3, -0.25) is 9.69 Å². The van der Waals surface area contributed by atoms with Crippen molar-refractivity contribution in [3.8, 4) is 5.75 Å². The van der Waals surface area contributed by atoms with Crippen LogP contribution in [-0.2, 0) is 11.2 Å². The first-order chi connectivity index (χ1) is 12.9. The number of hydrogen-bond acceptors (Lipinski definition) is 3. The number of fused-ring (bicyclic) bond motifs is 1. The van der Waals surface area contributed by atoms with Gasteiger partial charge in [-0.25, -0.2) is 4.39 Å². The summed E-state index contributed by atoms with van der Waals surface area (Å²) in [5.74, 6) is -0.136. The molecule has 2 fully saturated rings. The Labute approximate surface area is 159 Å². The van der Waals surface area contributed by atoms with E-state index in [4.69, 9.17) is 0 Å². The molecular formula is C22H25FN2O2. The van der Waals surface area contributed by atoms with Crippen molar-refractivity contribution in [2.45, 2.75) is 19.4 Å². The molecular weight excluding hydrogens is 343 g/mol. The van der Waals surface area contributed by atoms with Gasteiger partial charge in [-0.05, 0) is 48.7 Å². The van der Waals surface area contributed by atoms with Crippen molar-refractivity contribution < 1.29 is 14.3 Å². The highest BCUT2D eigenvalue weighted by molar-refractivity contribution is 5.79. The van der Waals surface area contributed by atoms with Crippen LogP contribution in [-0.4, -0.2) is 47.5 Å². The van der Waals surface area contributed by atoms with Crippen LogP contribution in [0.2, 0.25) is 0 Å². The Kier molecular flexibility index (Phi) is 4.64. The first-order valence-corrected chi connectivity index (χ1v) is 9.45. The second kappa shape index (κ2) is 6.97. The lowest BCUT2D eigenvalue weighted by molar-refractivity contribution is -0.129. The van der Waals surface area contributed by atoms with Crippen molar-refractivity contribution in [2.24, 2.45) is 11.8 Å². The zero-order valence-corrected chi connectivity index (χ0v) is 15.7. The largest absolute Gasteiger partial charge is 0.505 e. The summed E-state index contributed by atoms with van der Waals surface area (Å²) in [5, 5.41) is 9.31. The minimum atomic E-state index is -0.681. The maximum absolute atomic E-state index is 13.5. The fourth-order valence-electron chi connectivity index (χ4n) is 4.79. The van der Waals surface area contributed by atoms with Gasteiger partial charge in [0.25, 0.3) is 0 Å². The molecule has 3 atom stereocenters. The molecule has 0 spiro atoms. The summed E-state index contributed by atoms with van der Waals surface area (Å²) in [7, 11) is 2.17. The molecule has 0 unspecified atom stereocenters. The molecule has 2 heterocycles. The predicted molar refractivity (Wildman–Crippen MR) is 102 cm³/mol. The minimum Gasteiger partial charge on any atom is -0.505 e. The van der Waals surface area contributed by atoms with Gasteiger partial charge >= 0.3 is 0 Å². The molecule has 4 rings (SSSR count). The number of halogens is 1. The van der Waals surface area contributed by atoms with E-state index in [1.54, 1.807) is 6.07 Å². The average Bonchev–Trinajstić information content (AvgIpc) is 3.16. The quantitative estimate of drug-likeness (QED) is 0.905. The molecule has 0 saturated carbocycles. The van der Waals surface area contributed by atoms with Crippen LogP contribution in [0.25, 0.3) is 0 Å². The van der Waals surface area contributed by atoms with E-state index in [2.05, 4.69) is 43.1 Å². The van der Waals surface area contributed by atoms with Crippen molar-refractivity contribution in [1.82, 2.24) is 9.80 Å². The van der Waals surface area contributed by atoms with E-state index in [0.29, 0.717) is 23.4 Å². The van der Waals surface area contributed by atoms with Gasteiger partial charge in [0.1, 0.15) is 0 Å². The molecule has 1 N–H and O–H groups in total. The molecule has 142 valence electrons. The van der Waals surface area contributed by atoms with E-state index < -0.39 is 5.82 Å². The summed E-state index contributed by atoms with van der Waals surface area (Å²) in [6.07, 6.45) is 0.168. The van der Waals surface area contributed by atoms with Crippen LogP contribution in [0.1, 0.15) is 22.7 Å². The molecule has 2 aromatic carbocycles. The first-order valence-electron chi connectivity index (χ1n) is 9.45. The molecule has 0 aliphatic carbocycles. The highest BCUT2D eigenvalue weighted by Gasteiger charge is 2.47. The van der Waals surface area contributed by atoms with Gasteiger partial charge in [0.2, 0.25) is 5.91 Å². The van der Waals surface area contributed by atoms with E-state index >= 15 is 0 Å². The van der Waals surface area contributed by atoms with E-state index in [9.17, 15) is 14.3 Å². The van der Waals surface area contributed by atoms with Crippen molar-refractivity contribution >= 4 is 5.91 Å². The number of amides is 1. The van der Waals surface area contributed by atoms with E-state index in [0.717, 1.165) is 19.6 Å². The Hall–Kier alpha value is -2.40. The maximum Gasteiger partial charge on any atom is 0.227 e. The Morgan fingerprint density at radius 2 is 1.96 bits per heavy atom. The van der Waals surface area contributed by atoms with Gasteiger partial charge in [-0.1, -0.05) is 30.3 Å². The van der Waals surface area contributed by atoms with Gasteiger partial charge < -0.3 is 10.0 Å². The van der Waals surface area contributed by atoms with Gasteiger partial charge in [0.05, 0.1) is 6.42 Å². The number of nitrogens with zero attached hydrogens (tertiary/aromatic N) is 2. The van der Waals surface area contributed by atoms with Crippen LogP contribution in [0.4, 0.5) is 4.39 Å². The summed E-state index contributed by atoms with van der Waals surface area (Å²) in [5.41, 5.74) is 3.24. The summed E-state index contributed by atoms with van der Waals surface area (Å²) in [6, 6.07) is 13.0. The van der Waals surface area contributed by atoms with Gasteiger partial charge in [0.15, 0.2) is 11.6 Å². The number of aryl methyl sites for hydroxylation is 1. The number of likely N-dealkylation sites (tertiary alicyclic amines) is 2. The third-order valence-electron chi connectivity index (χ3n) is 6.12. The summed E-state index contributed by atoms with van der Waals surface area (Å²) in [4.78, 5) is 17.1. The van der Waals surface area contributed by atoms with Crippen molar-refractivity contribution in [1.29, 1.82) is 0 Å². The third kappa shape index (κ3) is 3.32. The molecule has 27 heavy (non-hydrogen) atoms. The molecule has 4 nitrogen and oxygen atoms in total. The van der Waals surface area contributed by atoms with Crippen LogP contribution in [0, 0.1) is 24.6 Å². The maximum atomic E-state index is 13.5. The Morgan fingerprint density at radius 3 is 2.70 bits per heavy atom. The van der Waals surface area contributed by atoms with Crippen molar-refractivity contribution in [3.05, 3.63) is 65.0 Å². The molecule has 2 aliphatic rings. The third-order valence-corrected chi connectivity index (χ3v) is 6.12.